The summed E-state index contributed by atoms with van der Waals surface area (Å²) in [7, 11) is 0. The third-order valence-electron chi connectivity index (χ3n) is 3.51. The quantitative estimate of drug-likeness (QED) is 0.858. The molecule has 5 nitrogen and oxygen atoms in total. The van der Waals surface area contributed by atoms with Gasteiger partial charge in [0, 0.05) is 30.6 Å². The fourth-order valence-corrected chi connectivity index (χ4v) is 2.14. The van der Waals surface area contributed by atoms with Crippen molar-refractivity contribution >= 4 is 5.91 Å². The second-order valence-corrected chi connectivity index (χ2v) is 5.50. The first-order chi connectivity index (χ1) is 10.6. The zero-order valence-electron chi connectivity index (χ0n) is 12.9. The van der Waals surface area contributed by atoms with Gasteiger partial charge in [-0.3, -0.25) is 4.79 Å². The van der Waals surface area contributed by atoms with E-state index in [4.69, 9.17) is 5.11 Å². The number of hydrogen-bond donors (Lipinski definition) is 2. The number of aromatic nitrogens is 2. The van der Waals surface area contributed by atoms with Crippen molar-refractivity contribution in [3.63, 3.8) is 0 Å². The molecule has 2 aromatic rings. The fraction of sp³-hybridized carbons (Fsp3) is 0.353. The molecule has 1 atom stereocenters. The molecule has 0 aliphatic carbocycles. The van der Waals surface area contributed by atoms with Crippen molar-refractivity contribution < 1.29 is 9.90 Å². The van der Waals surface area contributed by atoms with E-state index in [1.165, 1.54) is 12.4 Å². The molecule has 2 rings (SSSR count). The number of nitrogens with one attached hydrogen (secondary N) is 1. The third-order valence-corrected chi connectivity index (χ3v) is 3.51. The number of carbonyl (C=O) groups is 1. The van der Waals surface area contributed by atoms with Crippen LogP contribution in [0.4, 0.5) is 0 Å². The van der Waals surface area contributed by atoms with Crippen LogP contribution in [0.15, 0.2) is 42.7 Å². The summed E-state index contributed by atoms with van der Waals surface area (Å²) in [5.41, 5.74) is 1.33. The van der Waals surface area contributed by atoms with E-state index < -0.39 is 0 Å². The minimum absolute atomic E-state index is 0.0482. The predicted octanol–water partition coefficient (Wildman–Crippen LogP) is 2.28. The number of aliphatic hydroxyl groups is 1. The van der Waals surface area contributed by atoms with E-state index in [-0.39, 0.29) is 24.5 Å². The Morgan fingerprint density at radius 3 is 2.36 bits per heavy atom. The highest BCUT2D eigenvalue weighted by atomic mass is 16.3. The van der Waals surface area contributed by atoms with Gasteiger partial charge in [-0.1, -0.05) is 44.2 Å². The molecule has 1 heterocycles. The van der Waals surface area contributed by atoms with Crippen molar-refractivity contribution in [2.24, 2.45) is 5.92 Å². The van der Waals surface area contributed by atoms with E-state index in [9.17, 15) is 4.79 Å². The van der Waals surface area contributed by atoms with Crippen LogP contribution in [0.5, 0.6) is 0 Å². The molecule has 5 heteroatoms. The van der Waals surface area contributed by atoms with E-state index in [1.54, 1.807) is 0 Å². The Morgan fingerprint density at radius 1 is 1.18 bits per heavy atom. The lowest BCUT2D eigenvalue weighted by Crippen LogP contribution is -2.39. The highest BCUT2D eigenvalue weighted by Crippen LogP contribution is 2.13. The first-order valence-corrected chi connectivity index (χ1v) is 7.41. The third kappa shape index (κ3) is 4.11. The second kappa shape index (κ2) is 7.66. The summed E-state index contributed by atoms with van der Waals surface area (Å²) in [5, 5.41) is 12.0. The molecule has 0 fully saturated rings. The summed E-state index contributed by atoms with van der Waals surface area (Å²) in [6.45, 7) is 4.07. The van der Waals surface area contributed by atoms with Gasteiger partial charge in [0.15, 0.2) is 5.82 Å². The lowest BCUT2D eigenvalue weighted by Gasteiger charge is -2.21. The Kier molecular flexibility index (Phi) is 5.61. The van der Waals surface area contributed by atoms with Gasteiger partial charge in [0.25, 0.3) is 5.91 Å². The molecule has 1 amide bonds. The Labute approximate surface area is 130 Å². The highest BCUT2D eigenvalue weighted by Gasteiger charge is 2.17. The molecule has 0 aliphatic heterocycles. The van der Waals surface area contributed by atoms with Crippen LogP contribution in [0.3, 0.4) is 0 Å². The molecule has 116 valence electrons. The maximum atomic E-state index is 12.2. The molecule has 1 unspecified atom stereocenters. The number of rotatable bonds is 6. The molecule has 0 bridgehead atoms. The number of aliphatic hydroxyl groups excluding tert-OH is 1. The molecule has 22 heavy (non-hydrogen) atoms. The van der Waals surface area contributed by atoms with Crippen LogP contribution >= 0.6 is 0 Å². The van der Waals surface area contributed by atoms with Crippen LogP contribution in [-0.4, -0.2) is 33.6 Å². The number of amides is 1. The van der Waals surface area contributed by atoms with Crippen LogP contribution in [0.25, 0.3) is 11.4 Å². The maximum absolute atomic E-state index is 12.2. The van der Waals surface area contributed by atoms with Gasteiger partial charge in [-0.15, -0.1) is 0 Å². The topological polar surface area (TPSA) is 75.1 Å². The molecule has 0 spiro atoms. The molecule has 2 N–H and O–H groups in total. The van der Waals surface area contributed by atoms with Gasteiger partial charge >= 0.3 is 0 Å². The highest BCUT2D eigenvalue weighted by molar-refractivity contribution is 5.93. The first kappa shape index (κ1) is 16.1. The Bertz CT molecular complexity index is 597. The van der Waals surface area contributed by atoms with Crippen LogP contribution < -0.4 is 5.32 Å². The minimum Gasteiger partial charge on any atom is -0.396 e. The Morgan fingerprint density at radius 2 is 1.82 bits per heavy atom. The van der Waals surface area contributed by atoms with E-state index >= 15 is 0 Å². The molecule has 1 aromatic carbocycles. The number of hydrogen-bond acceptors (Lipinski definition) is 4. The van der Waals surface area contributed by atoms with Crippen LogP contribution in [0.1, 0.15) is 30.6 Å². The summed E-state index contributed by atoms with van der Waals surface area (Å²) >= 11 is 0. The normalized spacial score (nSPS) is 12.2. The summed E-state index contributed by atoms with van der Waals surface area (Å²) in [4.78, 5) is 20.7. The van der Waals surface area contributed by atoms with Crippen LogP contribution in [0.2, 0.25) is 0 Å². The second-order valence-electron chi connectivity index (χ2n) is 5.50. The molecule has 0 saturated heterocycles. The Hall–Kier alpha value is -2.27. The fourth-order valence-electron chi connectivity index (χ4n) is 2.14. The Balaban J connectivity index is 2.08. The van der Waals surface area contributed by atoms with E-state index in [1.807, 2.05) is 44.2 Å². The zero-order chi connectivity index (χ0) is 15.9. The van der Waals surface area contributed by atoms with Crippen molar-refractivity contribution in [3.8, 4) is 11.4 Å². The van der Waals surface area contributed by atoms with E-state index in [0.29, 0.717) is 17.8 Å². The summed E-state index contributed by atoms with van der Waals surface area (Å²) in [6.07, 6.45) is 3.59. The number of carbonyl (C=O) groups excluding carboxylic acids is 1. The van der Waals surface area contributed by atoms with Gasteiger partial charge in [0.1, 0.15) is 0 Å². The predicted molar refractivity (Wildman–Crippen MR) is 85.3 cm³/mol. The molecule has 0 saturated carbocycles. The van der Waals surface area contributed by atoms with Gasteiger partial charge in [-0.05, 0) is 12.3 Å². The lowest BCUT2D eigenvalue weighted by atomic mass is 10.0. The van der Waals surface area contributed by atoms with E-state index in [2.05, 4.69) is 15.3 Å². The number of benzene rings is 1. The largest absolute Gasteiger partial charge is 0.396 e. The summed E-state index contributed by atoms with van der Waals surface area (Å²) in [5.74, 6) is 0.625. The van der Waals surface area contributed by atoms with Crippen molar-refractivity contribution in [1.29, 1.82) is 0 Å². The summed E-state index contributed by atoms with van der Waals surface area (Å²) in [6, 6.07) is 9.55. The van der Waals surface area contributed by atoms with Crippen molar-refractivity contribution in [3.05, 3.63) is 48.3 Å². The minimum atomic E-state index is -0.216. The molecule has 1 aromatic heterocycles. The number of nitrogens with zero attached hydrogens (tertiary/aromatic N) is 2. The summed E-state index contributed by atoms with van der Waals surface area (Å²) < 4.78 is 0. The maximum Gasteiger partial charge on any atom is 0.254 e. The van der Waals surface area contributed by atoms with Crippen molar-refractivity contribution in [2.75, 3.05) is 6.61 Å². The van der Waals surface area contributed by atoms with Gasteiger partial charge in [-0.25, -0.2) is 9.97 Å². The SMILES string of the molecule is CC(C)C(CCO)NC(=O)c1cnc(-c2ccccc2)nc1. The van der Waals surface area contributed by atoms with Crippen molar-refractivity contribution in [2.45, 2.75) is 26.3 Å². The van der Waals surface area contributed by atoms with Crippen LogP contribution in [0, 0.1) is 5.92 Å². The molecular formula is C17H21N3O2. The zero-order valence-corrected chi connectivity index (χ0v) is 12.9. The standard InChI is InChI=1S/C17H21N3O2/c1-12(2)15(8-9-21)20-17(22)14-10-18-16(19-11-14)13-6-4-3-5-7-13/h3-7,10-12,15,21H,8-9H2,1-2H3,(H,20,22). The van der Waals surface area contributed by atoms with E-state index in [0.717, 1.165) is 5.56 Å². The van der Waals surface area contributed by atoms with Gasteiger partial charge < -0.3 is 10.4 Å². The monoisotopic (exact) mass is 299 g/mol. The van der Waals surface area contributed by atoms with Gasteiger partial charge in [-0.2, -0.15) is 0 Å². The first-order valence-electron chi connectivity index (χ1n) is 7.41. The average molecular weight is 299 g/mol. The van der Waals surface area contributed by atoms with Crippen molar-refractivity contribution in [1.82, 2.24) is 15.3 Å². The van der Waals surface area contributed by atoms with Crippen LogP contribution in [-0.2, 0) is 0 Å². The van der Waals surface area contributed by atoms with Gasteiger partial charge in [0.2, 0.25) is 0 Å². The average Bonchev–Trinajstić information content (AvgIpc) is 2.55. The van der Waals surface area contributed by atoms with Gasteiger partial charge in [0.05, 0.1) is 5.56 Å². The lowest BCUT2D eigenvalue weighted by molar-refractivity contribution is 0.0916. The molecule has 0 radical (unpaired) electrons. The smallest absolute Gasteiger partial charge is 0.254 e. The molecule has 0 aliphatic rings. The molecular weight excluding hydrogens is 278 g/mol.